The number of amides is 2. The summed E-state index contributed by atoms with van der Waals surface area (Å²) in [6.45, 7) is 2.13. The minimum atomic E-state index is -3.54. The average Bonchev–Trinajstić information content (AvgIpc) is 2.61. The number of sulfone groups is 1. The lowest BCUT2D eigenvalue weighted by molar-refractivity contribution is -0.122. The van der Waals surface area contributed by atoms with E-state index in [1.165, 1.54) is 24.2 Å². The van der Waals surface area contributed by atoms with Gasteiger partial charge in [0.1, 0.15) is 0 Å². The molecule has 0 aromatic heterocycles. The maximum atomic E-state index is 12.6. The number of fused-ring (bicyclic) bond motifs is 1. The molecular weight excluding hydrogens is 372 g/mol. The van der Waals surface area contributed by atoms with Crippen LogP contribution in [0.2, 0.25) is 0 Å². The van der Waals surface area contributed by atoms with E-state index >= 15 is 0 Å². The van der Waals surface area contributed by atoms with Crippen molar-refractivity contribution < 1.29 is 18.0 Å². The standard InChI is InChI=1S/C18H24N2O4S2/c1-12-4-2-3-5-14(12)19-17(21)8-9-26(23,24)13-6-7-15-16(10-13)25-11-18(22)20-15/h6-7,10,12,14H,2-5,8-9,11H2,1H3,(H,19,21)(H,20,22). The van der Waals surface area contributed by atoms with Crippen LogP contribution in [0, 0.1) is 5.92 Å². The highest BCUT2D eigenvalue weighted by molar-refractivity contribution is 8.00. The minimum Gasteiger partial charge on any atom is -0.353 e. The van der Waals surface area contributed by atoms with Gasteiger partial charge in [0.2, 0.25) is 11.8 Å². The van der Waals surface area contributed by atoms with Gasteiger partial charge in [0.15, 0.2) is 9.84 Å². The SMILES string of the molecule is CC1CCCCC1NC(=O)CCS(=O)(=O)c1ccc2c(c1)SCC(=O)N2. The highest BCUT2D eigenvalue weighted by Crippen LogP contribution is 2.33. The molecule has 1 aromatic rings. The summed E-state index contributed by atoms with van der Waals surface area (Å²) in [6, 6.07) is 4.83. The van der Waals surface area contributed by atoms with Crippen LogP contribution in [0.15, 0.2) is 28.0 Å². The summed E-state index contributed by atoms with van der Waals surface area (Å²) in [5, 5.41) is 5.71. The molecule has 2 N–H and O–H groups in total. The van der Waals surface area contributed by atoms with E-state index in [9.17, 15) is 18.0 Å². The van der Waals surface area contributed by atoms with E-state index in [-0.39, 0.29) is 40.7 Å². The zero-order valence-electron chi connectivity index (χ0n) is 14.8. The predicted molar refractivity (Wildman–Crippen MR) is 102 cm³/mol. The van der Waals surface area contributed by atoms with Gasteiger partial charge in [-0.25, -0.2) is 8.42 Å². The Morgan fingerprint density at radius 2 is 2.08 bits per heavy atom. The second-order valence-corrected chi connectivity index (χ2v) is 10.1. The van der Waals surface area contributed by atoms with Gasteiger partial charge in [0, 0.05) is 17.4 Å². The van der Waals surface area contributed by atoms with Gasteiger partial charge in [0.25, 0.3) is 0 Å². The van der Waals surface area contributed by atoms with E-state index in [1.807, 2.05) is 0 Å². The molecule has 0 radical (unpaired) electrons. The van der Waals surface area contributed by atoms with Crippen molar-refractivity contribution in [2.45, 2.75) is 54.9 Å². The Morgan fingerprint density at radius 3 is 2.85 bits per heavy atom. The van der Waals surface area contributed by atoms with Crippen LogP contribution in [0.25, 0.3) is 0 Å². The maximum Gasteiger partial charge on any atom is 0.234 e. The first kappa shape index (κ1) is 19.2. The molecule has 2 amide bonds. The van der Waals surface area contributed by atoms with Gasteiger partial charge in [-0.2, -0.15) is 0 Å². The van der Waals surface area contributed by atoms with Crippen LogP contribution in [0.3, 0.4) is 0 Å². The number of hydrogen-bond donors (Lipinski definition) is 2. The minimum absolute atomic E-state index is 0.0352. The largest absolute Gasteiger partial charge is 0.353 e. The van der Waals surface area contributed by atoms with Crippen LogP contribution < -0.4 is 10.6 Å². The molecule has 8 heteroatoms. The van der Waals surface area contributed by atoms with Crippen molar-refractivity contribution in [2.24, 2.45) is 5.92 Å². The van der Waals surface area contributed by atoms with Crippen molar-refractivity contribution in [3.63, 3.8) is 0 Å². The second kappa shape index (κ2) is 8.00. The van der Waals surface area contributed by atoms with Gasteiger partial charge < -0.3 is 10.6 Å². The summed E-state index contributed by atoms with van der Waals surface area (Å²) in [5.41, 5.74) is 0.634. The molecule has 1 saturated carbocycles. The molecule has 3 rings (SSSR count). The molecule has 142 valence electrons. The summed E-state index contributed by atoms with van der Waals surface area (Å²) in [6.07, 6.45) is 4.34. The fraction of sp³-hybridized carbons (Fsp3) is 0.556. The van der Waals surface area contributed by atoms with Crippen molar-refractivity contribution in [3.8, 4) is 0 Å². The number of thioether (sulfide) groups is 1. The summed E-state index contributed by atoms with van der Waals surface area (Å²) >= 11 is 1.32. The van der Waals surface area contributed by atoms with Gasteiger partial charge in [-0.05, 0) is 37.0 Å². The van der Waals surface area contributed by atoms with E-state index in [2.05, 4.69) is 17.6 Å². The van der Waals surface area contributed by atoms with Crippen molar-refractivity contribution in [1.82, 2.24) is 5.32 Å². The number of nitrogens with one attached hydrogen (secondary N) is 2. The lowest BCUT2D eigenvalue weighted by atomic mass is 9.86. The van der Waals surface area contributed by atoms with Gasteiger partial charge >= 0.3 is 0 Å². The third-order valence-corrected chi connectivity index (χ3v) is 7.77. The lowest BCUT2D eigenvalue weighted by Gasteiger charge is -2.29. The molecule has 1 fully saturated rings. The third-order valence-electron chi connectivity index (χ3n) is 5.00. The Bertz CT molecular complexity index is 807. The number of benzene rings is 1. The molecule has 0 spiro atoms. The Balaban J connectivity index is 1.60. The molecule has 6 nitrogen and oxygen atoms in total. The summed E-state index contributed by atoms with van der Waals surface area (Å²) in [4.78, 5) is 24.5. The number of carbonyl (C=O) groups is 2. The van der Waals surface area contributed by atoms with E-state index in [0.29, 0.717) is 11.6 Å². The number of hydrogen-bond acceptors (Lipinski definition) is 5. The van der Waals surface area contributed by atoms with E-state index in [1.54, 1.807) is 12.1 Å². The molecule has 1 heterocycles. The monoisotopic (exact) mass is 396 g/mol. The molecule has 1 aliphatic carbocycles. The first-order valence-corrected chi connectivity index (χ1v) is 11.6. The Kier molecular flexibility index (Phi) is 5.92. The molecule has 0 saturated heterocycles. The number of anilines is 1. The second-order valence-electron chi connectivity index (χ2n) is 7.00. The highest BCUT2D eigenvalue weighted by Gasteiger charge is 2.25. The number of rotatable bonds is 5. The Labute approximate surface area is 158 Å². The fourth-order valence-corrected chi connectivity index (χ4v) is 5.58. The Morgan fingerprint density at radius 1 is 1.31 bits per heavy atom. The zero-order valence-corrected chi connectivity index (χ0v) is 16.4. The van der Waals surface area contributed by atoms with Crippen molar-refractivity contribution in [2.75, 3.05) is 16.8 Å². The van der Waals surface area contributed by atoms with E-state index < -0.39 is 9.84 Å². The molecule has 26 heavy (non-hydrogen) atoms. The zero-order chi connectivity index (χ0) is 18.7. The van der Waals surface area contributed by atoms with Crippen LogP contribution in [0.1, 0.15) is 39.0 Å². The molecule has 2 unspecified atom stereocenters. The molecule has 1 aliphatic heterocycles. The quantitative estimate of drug-likeness (QED) is 0.798. The van der Waals surface area contributed by atoms with Crippen molar-refractivity contribution in [1.29, 1.82) is 0 Å². The first-order chi connectivity index (χ1) is 12.3. The number of carbonyl (C=O) groups excluding carboxylic acids is 2. The van der Waals surface area contributed by atoms with Crippen LogP contribution in [0.4, 0.5) is 5.69 Å². The van der Waals surface area contributed by atoms with Crippen LogP contribution in [-0.4, -0.2) is 37.8 Å². The van der Waals surface area contributed by atoms with Gasteiger partial charge in [-0.3, -0.25) is 9.59 Å². The summed E-state index contributed by atoms with van der Waals surface area (Å²) < 4.78 is 25.1. The highest BCUT2D eigenvalue weighted by atomic mass is 32.2. The van der Waals surface area contributed by atoms with E-state index in [0.717, 1.165) is 24.2 Å². The topological polar surface area (TPSA) is 92.3 Å². The predicted octanol–water partition coefficient (Wildman–Crippen LogP) is 2.59. The Hall–Kier alpha value is -1.54. The molecule has 0 bridgehead atoms. The molecule has 1 aromatic carbocycles. The third kappa shape index (κ3) is 4.59. The normalized spacial score (nSPS) is 23.0. The fourth-order valence-electron chi connectivity index (χ4n) is 3.40. The average molecular weight is 397 g/mol. The van der Waals surface area contributed by atoms with Crippen molar-refractivity contribution >= 4 is 39.1 Å². The summed E-state index contributed by atoms with van der Waals surface area (Å²) in [7, 11) is -3.54. The van der Waals surface area contributed by atoms with Crippen molar-refractivity contribution in [3.05, 3.63) is 18.2 Å². The smallest absolute Gasteiger partial charge is 0.234 e. The van der Waals surface area contributed by atoms with Gasteiger partial charge in [0.05, 0.1) is 22.1 Å². The molecule has 2 atom stereocenters. The van der Waals surface area contributed by atoms with Crippen LogP contribution in [0.5, 0.6) is 0 Å². The van der Waals surface area contributed by atoms with Crippen LogP contribution >= 0.6 is 11.8 Å². The van der Waals surface area contributed by atoms with Crippen LogP contribution in [-0.2, 0) is 19.4 Å². The lowest BCUT2D eigenvalue weighted by Crippen LogP contribution is -2.41. The maximum absolute atomic E-state index is 12.6. The molecular formula is C18H24N2O4S2. The van der Waals surface area contributed by atoms with E-state index in [4.69, 9.17) is 0 Å². The summed E-state index contributed by atoms with van der Waals surface area (Å²) in [5.74, 6) is 0.213. The molecule has 2 aliphatic rings. The van der Waals surface area contributed by atoms with Gasteiger partial charge in [-0.15, -0.1) is 11.8 Å². The van der Waals surface area contributed by atoms with Gasteiger partial charge in [-0.1, -0.05) is 19.8 Å². The first-order valence-electron chi connectivity index (χ1n) is 8.94.